The van der Waals surface area contributed by atoms with Gasteiger partial charge in [0.2, 0.25) is 0 Å². The molecule has 0 bridgehead atoms. The second kappa shape index (κ2) is 5.97. The van der Waals surface area contributed by atoms with Crippen LogP contribution in [-0.2, 0) is 14.3 Å². The average molecular weight is 247 g/mol. The molecule has 1 unspecified atom stereocenters. The molecule has 15 heavy (non-hydrogen) atoms. The minimum Gasteiger partial charge on any atom is -0.393 e. The molecule has 0 aliphatic rings. The van der Waals surface area contributed by atoms with E-state index in [1.807, 2.05) is 0 Å². The summed E-state index contributed by atoms with van der Waals surface area (Å²) in [5.74, 6) is -1.54. The molecule has 0 aromatic rings. The normalized spacial score (nSPS) is 13.4. The Balaban J connectivity index is 4.26. The maximum Gasteiger partial charge on any atom is 0.458 e. The van der Waals surface area contributed by atoms with Crippen molar-refractivity contribution < 1.29 is 27.4 Å². The van der Waals surface area contributed by atoms with Crippen molar-refractivity contribution in [2.75, 3.05) is 12.5 Å². The number of esters is 1. The van der Waals surface area contributed by atoms with E-state index in [-0.39, 0.29) is 11.5 Å². The lowest BCUT2D eigenvalue weighted by Crippen LogP contribution is -2.37. The van der Waals surface area contributed by atoms with Crippen LogP contribution >= 0.6 is 11.6 Å². The molecule has 7 heteroatoms. The molecular weight excluding hydrogens is 237 g/mol. The van der Waals surface area contributed by atoms with E-state index in [9.17, 15) is 18.0 Å². The highest BCUT2D eigenvalue weighted by Gasteiger charge is 2.46. The van der Waals surface area contributed by atoms with E-state index in [0.717, 1.165) is 6.92 Å². The van der Waals surface area contributed by atoms with Crippen molar-refractivity contribution in [3.8, 4) is 0 Å². The summed E-state index contributed by atoms with van der Waals surface area (Å²) in [5.41, 5.74) is -0.265. The van der Waals surface area contributed by atoms with Gasteiger partial charge in [-0.1, -0.05) is 6.58 Å². The van der Waals surface area contributed by atoms with Crippen LogP contribution in [0.1, 0.15) is 6.92 Å². The molecule has 0 fully saturated rings. The first-order valence-corrected chi connectivity index (χ1v) is 4.43. The van der Waals surface area contributed by atoms with Crippen molar-refractivity contribution >= 4 is 17.6 Å². The third-order valence-electron chi connectivity index (χ3n) is 1.18. The van der Waals surface area contributed by atoms with Crippen LogP contribution in [0.5, 0.6) is 0 Å². The Morgan fingerprint density at radius 1 is 1.60 bits per heavy atom. The average Bonchev–Trinajstić information content (AvgIpc) is 2.13. The van der Waals surface area contributed by atoms with Crippen LogP contribution in [0, 0.1) is 0 Å². The number of hydrogen-bond acceptors (Lipinski definition) is 3. The zero-order valence-corrected chi connectivity index (χ0v) is 8.69. The first-order chi connectivity index (χ1) is 6.81. The Hall–Kier alpha value is -0.750. The molecule has 0 aromatic carbocycles. The summed E-state index contributed by atoms with van der Waals surface area (Å²) in [6, 6.07) is 0. The third-order valence-corrected chi connectivity index (χ3v) is 1.34. The van der Waals surface area contributed by atoms with Gasteiger partial charge in [0, 0.05) is 11.5 Å². The molecule has 3 nitrogen and oxygen atoms in total. The lowest BCUT2D eigenvalue weighted by molar-refractivity contribution is -0.311. The number of carbonyl (C=O) groups excluding carboxylic acids is 1. The van der Waals surface area contributed by atoms with E-state index in [4.69, 9.17) is 11.6 Å². The van der Waals surface area contributed by atoms with Gasteiger partial charge in [0.15, 0.2) is 0 Å². The van der Waals surface area contributed by atoms with E-state index < -0.39 is 25.0 Å². The van der Waals surface area contributed by atoms with E-state index in [1.165, 1.54) is 0 Å². The number of rotatable bonds is 6. The van der Waals surface area contributed by atoms with Gasteiger partial charge < -0.3 is 9.47 Å². The van der Waals surface area contributed by atoms with Crippen LogP contribution in [0.4, 0.5) is 13.2 Å². The molecule has 0 saturated carbocycles. The van der Waals surface area contributed by atoms with Crippen molar-refractivity contribution in [2.24, 2.45) is 0 Å². The highest BCUT2D eigenvalue weighted by molar-refractivity contribution is 6.17. The van der Waals surface area contributed by atoms with Crippen LogP contribution in [0.2, 0.25) is 0 Å². The molecule has 0 saturated heterocycles. The highest BCUT2D eigenvalue weighted by Crippen LogP contribution is 2.25. The van der Waals surface area contributed by atoms with Gasteiger partial charge in [-0.25, -0.2) is 9.18 Å². The first kappa shape index (κ1) is 14.2. The number of carbonyl (C=O) groups is 1. The number of ether oxygens (including phenoxy) is 2. The number of halogens is 4. The largest absolute Gasteiger partial charge is 0.458 e. The van der Waals surface area contributed by atoms with Gasteiger partial charge in [-0.05, 0) is 6.92 Å². The molecule has 0 aliphatic carbocycles. The number of alkyl halides is 4. The van der Waals surface area contributed by atoms with Crippen molar-refractivity contribution in [1.29, 1.82) is 0 Å². The zero-order valence-electron chi connectivity index (χ0n) is 7.94. The Morgan fingerprint density at radius 3 is 2.53 bits per heavy atom. The summed E-state index contributed by atoms with van der Waals surface area (Å²) in [5, 5.41) is 0. The van der Waals surface area contributed by atoms with Crippen molar-refractivity contribution in [3.05, 3.63) is 12.2 Å². The molecule has 0 rings (SSSR count). The van der Waals surface area contributed by atoms with Crippen LogP contribution < -0.4 is 0 Å². The van der Waals surface area contributed by atoms with Gasteiger partial charge in [0.1, 0.15) is 0 Å². The fourth-order valence-corrected chi connectivity index (χ4v) is 0.591. The second-order valence-corrected chi connectivity index (χ2v) is 2.99. The standard InChI is InChI=1S/C8H10ClF3O3/c1-5(2)6(13)15-8(11,12)7(10)14-4-3-9/h7H,1,3-4H2,2H3. The van der Waals surface area contributed by atoms with Crippen molar-refractivity contribution in [1.82, 2.24) is 0 Å². The lowest BCUT2D eigenvalue weighted by atomic mass is 10.4. The molecule has 1 atom stereocenters. The van der Waals surface area contributed by atoms with Crippen LogP contribution in [0.3, 0.4) is 0 Å². The third kappa shape index (κ3) is 5.03. The zero-order chi connectivity index (χ0) is 12.1. The van der Waals surface area contributed by atoms with Gasteiger partial charge in [-0.3, -0.25) is 0 Å². The molecule has 0 radical (unpaired) electrons. The molecule has 0 amide bonds. The topological polar surface area (TPSA) is 35.5 Å². The first-order valence-electron chi connectivity index (χ1n) is 3.89. The van der Waals surface area contributed by atoms with Gasteiger partial charge >= 0.3 is 18.4 Å². The van der Waals surface area contributed by atoms with Gasteiger partial charge in [0.05, 0.1) is 6.61 Å². The van der Waals surface area contributed by atoms with Crippen LogP contribution in [-0.4, -0.2) is 30.9 Å². The highest BCUT2D eigenvalue weighted by atomic mass is 35.5. The molecule has 0 aromatic heterocycles. The van der Waals surface area contributed by atoms with Crippen LogP contribution in [0.25, 0.3) is 0 Å². The second-order valence-electron chi connectivity index (χ2n) is 2.61. The van der Waals surface area contributed by atoms with E-state index >= 15 is 0 Å². The van der Waals surface area contributed by atoms with Gasteiger partial charge in [0.25, 0.3) is 0 Å². The van der Waals surface area contributed by atoms with E-state index in [0.29, 0.717) is 0 Å². The SMILES string of the molecule is C=C(C)C(=O)OC(F)(F)C(F)OCCCl. The Bertz CT molecular complexity index is 245. The van der Waals surface area contributed by atoms with Crippen molar-refractivity contribution in [3.63, 3.8) is 0 Å². The summed E-state index contributed by atoms with van der Waals surface area (Å²) >= 11 is 5.09. The minimum atomic E-state index is -4.35. The quantitative estimate of drug-likeness (QED) is 0.410. The van der Waals surface area contributed by atoms with E-state index in [1.54, 1.807) is 0 Å². The summed E-state index contributed by atoms with van der Waals surface area (Å²) in [6.07, 6.45) is -7.39. The predicted octanol–water partition coefficient (Wildman–Crippen LogP) is 2.25. The maximum absolute atomic E-state index is 12.7. The minimum absolute atomic E-state index is 0.148. The summed E-state index contributed by atoms with van der Waals surface area (Å²) in [4.78, 5) is 10.7. The van der Waals surface area contributed by atoms with Gasteiger partial charge in [-0.2, -0.15) is 8.78 Å². The summed E-state index contributed by atoms with van der Waals surface area (Å²) in [6.45, 7) is 3.81. The summed E-state index contributed by atoms with van der Waals surface area (Å²) in [7, 11) is 0. The fraction of sp³-hybridized carbons (Fsp3) is 0.625. The predicted molar refractivity (Wildman–Crippen MR) is 47.4 cm³/mol. The molecule has 0 aliphatic heterocycles. The molecule has 0 N–H and O–H groups in total. The molecule has 0 heterocycles. The summed E-state index contributed by atoms with van der Waals surface area (Å²) < 4.78 is 45.6. The smallest absolute Gasteiger partial charge is 0.393 e. The van der Waals surface area contributed by atoms with Gasteiger partial charge in [-0.15, -0.1) is 11.6 Å². The molecular formula is C8H10ClF3O3. The Labute approximate surface area is 89.8 Å². The molecule has 0 spiro atoms. The maximum atomic E-state index is 12.7. The number of hydrogen-bond donors (Lipinski definition) is 0. The van der Waals surface area contributed by atoms with Crippen LogP contribution in [0.15, 0.2) is 12.2 Å². The lowest BCUT2D eigenvalue weighted by Gasteiger charge is -2.19. The van der Waals surface area contributed by atoms with Crippen molar-refractivity contribution in [2.45, 2.75) is 19.4 Å². The monoisotopic (exact) mass is 246 g/mol. The fourth-order valence-electron chi connectivity index (χ4n) is 0.502. The molecule has 88 valence electrons. The van der Waals surface area contributed by atoms with E-state index in [2.05, 4.69) is 16.1 Å². The Morgan fingerprint density at radius 2 is 2.13 bits per heavy atom. The Kier molecular flexibility index (Phi) is 5.67.